The van der Waals surface area contributed by atoms with Gasteiger partial charge in [0.05, 0.1) is 5.52 Å². The van der Waals surface area contributed by atoms with Crippen LogP contribution in [0.5, 0.6) is 5.75 Å². The fraction of sp³-hybridized carbons (Fsp3) is 0.417. The number of nitrogens with zero attached hydrogens (tertiary/aromatic N) is 2. The first kappa shape index (κ1) is 11.0. The molecule has 1 aliphatic heterocycles. The van der Waals surface area contributed by atoms with Crippen molar-refractivity contribution in [2.24, 2.45) is 0 Å². The molecule has 1 aromatic carbocycles. The highest BCUT2D eigenvalue weighted by atomic mass is 79.9. The van der Waals surface area contributed by atoms with E-state index in [0.717, 1.165) is 41.7 Å². The Balaban J connectivity index is 2.16. The number of nitrogens with one attached hydrogen (secondary N) is 1. The van der Waals surface area contributed by atoms with E-state index in [0.29, 0.717) is 11.8 Å². The summed E-state index contributed by atoms with van der Waals surface area (Å²) >= 11 is 3.49. The molecule has 0 aliphatic carbocycles. The van der Waals surface area contributed by atoms with E-state index in [1.807, 2.05) is 12.1 Å². The van der Waals surface area contributed by atoms with Crippen molar-refractivity contribution in [1.82, 2.24) is 14.9 Å². The summed E-state index contributed by atoms with van der Waals surface area (Å²) in [5.74, 6) is 0.297. The number of fused-ring (bicyclic) bond motifs is 1. The normalized spacial score (nSPS) is 20.9. The minimum Gasteiger partial charge on any atom is -0.506 e. The Hall–Kier alpha value is -1.07. The molecule has 0 amide bonds. The second-order valence-corrected chi connectivity index (χ2v) is 5.11. The van der Waals surface area contributed by atoms with Crippen LogP contribution >= 0.6 is 15.9 Å². The third-order valence-corrected chi connectivity index (χ3v) is 3.84. The maximum Gasteiger partial charge on any atom is 0.178 e. The summed E-state index contributed by atoms with van der Waals surface area (Å²) in [7, 11) is 0. The Kier molecular flexibility index (Phi) is 2.80. The van der Waals surface area contributed by atoms with E-state index in [9.17, 15) is 5.11 Å². The lowest BCUT2D eigenvalue weighted by molar-refractivity contribution is 0.370. The van der Waals surface area contributed by atoms with Gasteiger partial charge in [0.15, 0.2) is 4.73 Å². The molecule has 1 atom stereocenters. The number of aromatic nitrogens is 2. The summed E-state index contributed by atoms with van der Waals surface area (Å²) in [5, 5.41) is 13.4. The first-order valence-corrected chi connectivity index (χ1v) is 6.63. The second-order valence-electron chi connectivity index (χ2n) is 4.40. The lowest BCUT2D eigenvalue weighted by atomic mass is 10.1. The van der Waals surface area contributed by atoms with Crippen LogP contribution in [0.2, 0.25) is 0 Å². The molecule has 3 rings (SSSR count). The smallest absolute Gasteiger partial charge is 0.178 e. The number of hydrogen-bond acceptors (Lipinski definition) is 3. The van der Waals surface area contributed by atoms with Gasteiger partial charge in [-0.15, -0.1) is 0 Å². The van der Waals surface area contributed by atoms with Gasteiger partial charge in [0.2, 0.25) is 0 Å². The van der Waals surface area contributed by atoms with Crippen molar-refractivity contribution in [3.05, 3.63) is 22.9 Å². The van der Waals surface area contributed by atoms with Crippen molar-refractivity contribution in [2.45, 2.75) is 18.9 Å². The van der Waals surface area contributed by atoms with E-state index in [1.54, 1.807) is 6.07 Å². The van der Waals surface area contributed by atoms with Crippen molar-refractivity contribution >= 4 is 27.0 Å². The quantitative estimate of drug-likeness (QED) is 0.850. The number of halogens is 1. The number of phenols is 1. The maximum absolute atomic E-state index is 9.99. The molecule has 1 aliphatic rings. The minimum absolute atomic E-state index is 0.297. The molecule has 0 radical (unpaired) electrons. The van der Waals surface area contributed by atoms with Crippen molar-refractivity contribution in [2.75, 3.05) is 13.1 Å². The van der Waals surface area contributed by atoms with Crippen LogP contribution in [0.3, 0.4) is 0 Å². The van der Waals surface area contributed by atoms with Gasteiger partial charge in [0.1, 0.15) is 11.3 Å². The Morgan fingerprint density at radius 2 is 2.35 bits per heavy atom. The first-order valence-electron chi connectivity index (χ1n) is 5.83. The van der Waals surface area contributed by atoms with Gasteiger partial charge in [-0.05, 0) is 47.4 Å². The van der Waals surface area contributed by atoms with E-state index < -0.39 is 0 Å². The van der Waals surface area contributed by atoms with Crippen molar-refractivity contribution < 1.29 is 5.11 Å². The van der Waals surface area contributed by atoms with E-state index in [-0.39, 0.29) is 0 Å². The van der Waals surface area contributed by atoms with Crippen molar-refractivity contribution in [3.63, 3.8) is 0 Å². The summed E-state index contributed by atoms with van der Waals surface area (Å²) in [6.45, 7) is 2.01. The lowest BCUT2D eigenvalue weighted by Gasteiger charge is -2.25. The molecule has 2 N–H and O–H groups in total. The second kappa shape index (κ2) is 4.31. The zero-order chi connectivity index (χ0) is 11.8. The van der Waals surface area contributed by atoms with Crippen LogP contribution in [0.4, 0.5) is 0 Å². The summed E-state index contributed by atoms with van der Waals surface area (Å²) in [6, 6.07) is 5.81. The van der Waals surface area contributed by atoms with Crippen LogP contribution in [0, 0.1) is 0 Å². The molecule has 0 spiro atoms. The third kappa shape index (κ3) is 1.83. The van der Waals surface area contributed by atoms with Gasteiger partial charge in [-0.3, -0.25) is 0 Å². The molecule has 17 heavy (non-hydrogen) atoms. The van der Waals surface area contributed by atoms with E-state index in [1.165, 1.54) is 0 Å². The zero-order valence-electron chi connectivity index (χ0n) is 9.36. The highest BCUT2D eigenvalue weighted by Crippen LogP contribution is 2.32. The van der Waals surface area contributed by atoms with Gasteiger partial charge in [-0.1, -0.05) is 6.07 Å². The topological polar surface area (TPSA) is 50.1 Å². The van der Waals surface area contributed by atoms with Crippen LogP contribution in [0.1, 0.15) is 18.9 Å². The van der Waals surface area contributed by atoms with Gasteiger partial charge < -0.3 is 15.0 Å². The number of aromatic hydroxyl groups is 1. The van der Waals surface area contributed by atoms with E-state index in [2.05, 4.69) is 30.8 Å². The van der Waals surface area contributed by atoms with Crippen LogP contribution in [-0.2, 0) is 0 Å². The lowest BCUT2D eigenvalue weighted by Crippen LogP contribution is -2.31. The van der Waals surface area contributed by atoms with Crippen LogP contribution in [-0.4, -0.2) is 27.7 Å². The average Bonchev–Trinajstić information content (AvgIpc) is 2.68. The molecule has 2 heterocycles. The number of para-hydroxylation sites is 1. The van der Waals surface area contributed by atoms with Crippen molar-refractivity contribution in [1.29, 1.82) is 0 Å². The maximum atomic E-state index is 9.99. The van der Waals surface area contributed by atoms with Crippen LogP contribution in [0.25, 0.3) is 11.0 Å². The monoisotopic (exact) mass is 295 g/mol. The fourth-order valence-electron chi connectivity index (χ4n) is 2.49. The summed E-state index contributed by atoms with van der Waals surface area (Å²) in [6.07, 6.45) is 2.27. The van der Waals surface area contributed by atoms with Gasteiger partial charge in [0.25, 0.3) is 0 Å². The highest BCUT2D eigenvalue weighted by molar-refractivity contribution is 9.10. The predicted octanol–water partition coefficient (Wildman–Crippen LogP) is 2.43. The molecule has 2 aromatic rings. The zero-order valence-corrected chi connectivity index (χ0v) is 10.9. The number of piperidine rings is 1. The van der Waals surface area contributed by atoms with Crippen molar-refractivity contribution in [3.8, 4) is 5.75 Å². The average molecular weight is 296 g/mol. The largest absolute Gasteiger partial charge is 0.506 e. The van der Waals surface area contributed by atoms with Crippen LogP contribution < -0.4 is 5.32 Å². The Bertz CT molecular complexity index is 546. The molecule has 1 aromatic heterocycles. The molecule has 0 bridgehead atoms. The molecule has 0 saturated carbocycles. The Morgan fingerprint density at radius 3 is 3.12 bits per heavy atom. The fourth-order valence-corrected chi connectivity index (χ4v) is 3.15. The predicted molar refractivity (Wildman–Crippen MR) is 70.2 cm³/mol. The number of hydrogen-bond donors (Lipinski definition) is 2. The van der Waals surface area contributed by atoms with E-state index >= 15 is 0 Å². The molecule has 5 heteroatoms. The SMILES string of the molecule is Oc1cccc2nc(Br)n(C3CCCNC3)c12. The van der Waals surface area contributed by atoms with Gasteiger partial charge in [-0.25, -0.2) is 4.98 Å². The van der Waals surface area contributed by atoms with Gasteiger partial charge in [-0.2, -0.15) is 0 Å². The van der Waals surface area contributed by atoms with E-state index in [4.69, 9.17) is 0 Å². The Morgan fingerprint density at radius 1 is 1.47 bits per heavy atom. The highest BCUT2D eigenvalue weighted by Gasteiger charge is 2.21. The summed E-state index contributed by atoms with van der Waals surface area (Å²) in [5.41, 5.74) is 1.66. The molecular formula is C12H14BrN3O. The number of benzene rings is 1. The molecule has 4 nitrogen and oxygen atoms in total. The van der Waals surface area contributed by atoms with Gasteiger partial charge >= 0.3 is 0 Å². The number of imidazole rings is 1. The standard InChI is InChI=1S/C12H14BrN3O/c13-12-15-9-4-1-5-10(17)11(9)16(12)8-3-2-6-14-7-8/h1,4-5,8,14,17H,2-3,6-7H2. The molecule has 1 saturated heterocycles. The van der Waals surface area contributed by atoms with Gasteiger partial charge in [0, 0.05) is 12.6 Å². The summed E-state index contributed by atoms with van der Waals surface area (Å²) in [4.78, 5) is 4.44. The molecule has 1 fully saturated rings. The number of rotatable bonds is 1. The molecular weight excluding hydrogens is 282 g/mol. The van der Waals surface area contributed by atoms with Crippen LogP contribution in [0.15, 0.2) is 22.9 Å². The molecule has 1 unspecified atom stereocenters. The molecule has 90 valence electrons. The third-order valence-electron chi connectivity index (χ3n) is 3.28. The first-order chi connectivity index (χ1) is 8.27. The minimum atomic E-state index is 0.297. The number of phenolic OH excluding ortho intramolecular Hbond substituents is 1. The Labute approximate surface area is 108 Å². The summed E-state index contributed by atoms with van der Waals surface area (Å²) < 4.78 is 2.89.